The molecule has 0 atom stereocenters. The number of anilines is 1. The van der Waals surface area contributed by atoms with Gasteiger partial charge in [-0.1, -0.05) is 0 Å². The van der Waals surface area contributed by atoms with Crippen LogP contribution in [0, 0.1) is 5.82 Å². The van der Waals surface area contributed by atoms with Gasteiger partial charge in [-0.2, -0.15) is 17.9 Å². The number of pyridine rings is 1. The Kier molecular flexibility index (Phi) is 5.79. The van der Waals surface area contributed by atoms with Crippen molar-refractivity contribution in [3.63, 3.8) is 0 Å². The van der Waals surface area contributed by atoms with Crippen LogP contribution in [0.2, 0.25) is 0 Å². The third-order valence-corrected chi connectivity index (χ3v) is 5.95. The number of halogens is 6. The minimum absolute atomic E-state index is 0.180. The van der Waals surface area contributed by atoms with Crippen molar-refractivity contribution in [1.29, 1.82) is 0 Å². The van der Waals surface area contributed by atoms with Gasteiger partial charge in [-0.3, -0.25) is 9.78 Å². The van der Waals surface area contributed by atoms with Crippen LogP contribution in [0.15, 0.2) is 29.4 Å². The summed E-state index contributed by atoms with van der Waals surface area (Å²) in [5.74, 6) is -2.83. The van der Waals surface area contributed by atoms with Crippen molar-refractivity contribution in [2.45, 2.75) is 23.0 Å². The van der Waals surface area contributed by atoms with Crippen molar-refractivity contribution in [1.82, 2.24) is 14.3 Å². The first-order valence-electron chi connectivity index (χ1n) is 8.36. The molecule has 3 rings (SSSR count). The average molecular weight is 472 g/mol. The van der Waals surface area contributed by atoms with E-state index in [1.807, 2.05) is 0 Å². The number of aryl methyl sites for hydroxylation is 1. The zero-order chi connectivity index (χ0) is 23.2. The quantitative estimate of drug-likeness (QED) is 0.629. The molecule has 1 saturated heterocycles. The number of sulfonamides is 1. The fourth-order valence-corrected chi connectivity index (χ4v) is 4.24. The molecular weight excluding hydrogens is 458 g/mol. The largest absolute Gasteiger partial charge is 0.412 e. The molecule has 8 nitrogen and oxygen atoms in total. The molecule has 2 aromatic rings. The van der Waals surface area contributed by atoms with Gasteiger partial charge in [0.05, 0.1) is 13.2 Å². The number of hydrogen-bond donors (Lipinski definition) is 2. The van der Waals surface area contributed by atoms with Crippen LogP contribution in [0.5, 0.6) is 0 Å². The maximum atomic E-state index is 14.8. The first-order valence-corrected chi connectivity index (χ1v) is 9.84. The average Bonchev–Trinajstić information content (AvgIpc) is 2.92. The number of amides is 1. The van der Waals surface area contributed by atoms with Gasteiger partial charge in [-0.15, -0.1) is 0 Å². The summed E-state index contributed by atoms with van der Waals surface area (Å²) in [4.78, 5) is 14.6. The van der Waals surface area contributed by atoms with E-state index in [1.165, 1.54) is 4.72 Å². The Morgan fingerprint density at radius 2 is 1.97 bits per heavy atom. The third-order valence-electron chi connectivity index (χ3n) is 4.42. The van der Waals surface area contributed by atoms with E-state index in [4.69, 9.17) is 0 Å². The van der Waals surface area contributed by atoms with Gasteiger partial charge in [0, 0.05) is 25.1 Å². The Morgan fingerprint density at radius 1 is 1.32 bits per heavy atom. The highest BCUT2D eigenvalue weighted by Gasteiger charge is 2.62. The first kappa shape index (κ1) is 23.0. The second kappa shape index (κ2) is 7.80. The van der Waals surface area contributed by atoms with E-state index in [0.29, 0.717) is 6.20 Å². The molecule has 2 aromatic heterocycles. The summed E-state index contributed by atoms with van der Waals surface area (Å²) in [7, 11) is -3.97. The molecule has 2 N–H and O–H groups in total. The van der Waals surface area contributed by atoms with Gasteiger partial charge in [0.2, 0.25) is 10.0 Å². The predicted octanol–water partition coefficient (Wildman–Crippen LogP) is 2.36. The molecular formula is C16H14F6N4O4S. The van der Waals surface area contributed by atoms with Crippen LogP contribution < -0.4 is 10.0 Å². The number of carbonyl (C=O) groups excluding carboxylic acids is 1. The van der Waals surface area contributed by atoms with Crippen molar-refractivity contribution >= 4 is 21.6 Å². The van der Waals surface area contributed by atoms with Crippen LogP contribution in [0.25, 0.3) is 0 Å². The lowest BCUT2D eigenvalue weighted by molar-refractivity contribution is -0.260. The molecule has 0 spiro atoms. The molecule has 1 aliphatic heterocycles. The molecule has 0 aliphatic carbocycles. The van der Waals surface area contributed by atoms with E-state index in [-0.39, 0.29) is 5.69 Å². The number of alkyl halides is 5. The molecule has 0 bridgehead atoms. The van der Waals surface area contributed by atoms with Gasteiger partial charge < -0.3 is 14.6 Å². The zero-order valence-electron chi connectivity index (χ0n) is 15.5. The second-order valence-corrected chi connectivity index (χ2v) is 8.32. The number of carbonyl (C=O) groups is 1. The minimum atomic E-state index is -5.05. The number of rotatable bonds is 6. The summed E-state index contributed by atoms with van der Waals surface area (Å²) in [6.45, 7) is -1.99. The van der Waals surface area contributed by atoms with Crippen molar-refractivity contribution in [3.8, 4) is 0 Å². The molecule has 3 heterocycles. The molecule has 170 valence electrons. The van der Waals surface area contributed by atoms with Gasteiger partial charge in [-0.05, 0) is 12.1 Å². The number of ether oxygens (including phenoxy) is 1. The summed E-state index contributed by atoms with van der Waals surface area (Å²) in [5, 5.41) is 2.11. The topological polar surface area (TPSA) is 102 Å². The van der Waals surface area contributed by atoms with E-state index in [0.717, 1.165) is 29.9 Å². The maximum Gasteiger partial charge on any atom is 0.412 e. The van der Waals surface area contributed by atoms with Gasteiger partial charge in [0.1, 0.15) is 16.3 Å². The van der Waals surface area contributed by atoms with E-state index < -0.39 is 69.4 Å². The van der Waals surface area contributed by atoms with Crippen molar-refractivity contribution < 1.29 is 44.3 Å². The third kappa shape index (κ3) is 4.24. The van der Waals surface area contributed by atoms with Crippen LogP contribution in [-0.4, -0.2) is 48.8 Å². The summed E-state index contributed by atoms with van der Waals surface area (Å²) in [5.41, 5.74) is -4.61. The smallest absolute Gasteiger partial charge is 0.377 e. The molecule has 0 aromatic carbocycles. The molecule has 0 unspecified atom stereocenters. The highest BCUT2D eigenvalue weighted by atomic mass is 32.2. The highest BCUT2D eigenvalue weighted by molar-refractivity contribution is 7.89. The van der Waals surface area contributed by atoms with E-state index >= 15 is 0 Å². The Labute approximate surface area is 171 Å². The number of hydrogen-bond acceptors (Lipinski definition) is 5. The Bertz CT molecular complexity index is 1110. The zero-order valence-corrected chi connectivity index (χ0v) is 16.3. The fraction of sp³-hybridized carbons (Fsp3) is 0.375. The van der Waals surface area contributed by atoms with Crippen molar-refractivity contribution in [3.05, 3.63) is 41.7 Å². The number of nitrogens with zero attached hydrogens (tertiary/aromatic N) is 2. The standard InChI is InChI=1S/C16H14F6N4O4S/c1-26-5-10(31(28,29)25-15(6-30-7-15)16(20,21)22)11(17)12(26)14(27)24-8-2-3-23-9(4-8)13(18)19/h2-5,13,25H,6-7H2,1H3,(H,23,24,27). The molecule has 31 heavy (non-hydrogen) atoms. The predicted molar refractivity (Wildman–Crippen MR) is 92.4 cm³/mol. The monoisotopic (exact) mass is 472 g/mol. The van der Waals surface area contributed by atoms with Gasteiger partial charge in [0.25, 0.3) is 12.3 Å². The van der Waals surface area contributed by atoms with E-state index in [2.05, 4.69) is 15.0 Å². The van der Waals surface area contributed by atoms with E-state index in [1.54, 1.807) is 0 Å². The van der Waals surface area contributed by atoms with Crippen molar-refractivity contribution in [2.24, 2.45) is 7.05 Å². The van der Waals surface area contributed by atoms with Crippen LogP contribution >= 0.6 is 0 Å². The van der Waals surface area contributed by atoms with Gasteiger partial charge >= 0.3 is 6.18 Å². The Morgan fingerprint density at radius 3 is 2.48 bits per heavy atom. The Hall–Kier alpha value is -2.65. The van der Waals surface area contributed by atoms with Crippen LogP contribution in [-0.2, 0) is 21.8 Å². The summed E-state index contributed by atoms with van der Waals surface area (Å²) in [6, 6.07) is 1.96. The lowest BCUT2D eigenvalue weighted by Gasteiger charge is -2.42. The molecule has 15 heteroatoms. The van der Waals surface area contributed by atoms with E-state index in [9.17, 15) is 39.6 Å². The van der Waals surface area contributed by atoms with Gasteiger partial charge in [-0.25, -0.2) is 21.6 Å². The highest BCUT2D eigenvalue weighted by Crippen LogP contribution is 2.38. The number of nitrogens with one attached hydrogen (secondary N) is 2. The molecule has 1 aliphatic rings. The second-order valence-electron chi connectivity index (χ2n) is 6.67. The van der Waals surface area contributed by atoms with Gasteiger partial charge in [0.15, 0.2) is 11.4 Å². The normalized spacial score (nSPS) is 16.3. The first-order chi connectivity index (χ1) is 14.3. The molecule has 1 amide bonds. The molecule has 0 radical (unpaired) electrons. The van der Waals surface area contributed by atoms with Crippen LogP contribution in [0.1, 0.15) is 22.6 Å². The SMILES string of the molecule is Cn1cc(S(=O)(=O)NC2(C(F)(F)F)COC2)c(F)c1C(=O)Nc1ccnc(C(F)F)c1. The number of aromatic nitrogens is 2. The summed E-state index contributed by atoms with van der Waals surface area (Å²) in [6.07, 6.45) is -6.36. The van der Waals surface area contributed by atoms with Crippen LogP contribution in [0.3, 0.4) is 0 Å². The summed E-state index contributed by atoms with van der Waals surface area (Å²) >= 11 is 0. The molecule has 0 saturated carbocycles. The van der Waals surface area contributed by atoms with Crippen molar-refractivity contribution in [2.75, 3.05) is 18.5 Å². The lowest BCUT2D eigenvalue weighted by atomic mass is 9.99. The minimum Gasteiger partial charge on any atom is -0.377 e. The fourth-order valence-electron chi connectivity index (χ4n) is 2.75. The lowest BCUT2D eigenvalue weighted by Crippen LogP contribution is -2.70. The molecule has 1 fully saturated rings. The Balaban J connectivity index is 1.90. The maximum absolute atomic E-state index is 14.8. The summed E-state index contributed by atoms with van der Waals surface area (Å²) < 4.78 is 111. The van der Waals surface area contributed by atoms with Crippen LogP contribution in [0.4, 0.5) is 32.0 Å².